The SMILES string of the molecule is Cn1nccc1CN1CCC[C@@H](c2cncc(Oc3ccccc3F)n2)C1. The Morgan fingerprint density at radius 3 is 2.93 bits per heavy atom. The highest BCUT2D eigenvalue weighted by molar-refractivity contribution is 5.28. The van der Waals surface area contributed by atoms with E-state index in [9.17, 15) is 4.39 Å². The van der Waals surface area contributed by atoms with Crippen molar-refractivity contribution in [1.82, 2.24) is 24.6 Å². The van der Waals surface area contributed by atoms with Crippen LogP contribution in [-0.4, -0.2) is 37.7 Å². The summed E-state index contributed by atoms with van der Waals surface area (Å²) in [6.07, 6.45) is 7.28. The van der Waals surface area contributed by atoms with Crippen LogP contribution in [0.15, 0.2) is 48.9 Å². The Labute approximate surface area is 157 Å². The Morgan fingerprint density at radius 1 is 1.22 bits per heavy atom. The quantitative estimate of drug-likeness (QED) is 0.691. The lowest BCUT2D eigenvalue weighted by atomic mass is 9.95. The van der Waals surface area contributed by atoms with Gasteiger partial charge in [0.15, 0.2) is 11.6 Å². The van der Waals surface area contributed by atoms with Crippen LogP contribution in [-0.2, 0) is 13.6 Å². The maximum absolute atomic E-state index is 13.8. The van der Waals surface area contributed by atoms with Gasteiger partial charge in [-0.15, -0.1) is 0 Å². The number of halogens is 1. The molecule has 0 bridgehead atoms. The molecule has 3 heterocycles. The number of para-hydroxylation sites is 1. The van der Waals surface area contributed by atoms with E-state index in [0.29, 0.717) is 5.88 Å². The third kappa shape index (κ3) is 4.14. The number of aryl methyl sites for hydroxylation is 1. The molecule has 1 saturated heterocycles. The molecule has 1 aliphatic heterocycles. The van der Waals surface area contributed by atoms with E-state index < -0.39 is 5.82 Å². The first-order valence-corrected chi connectivity index (χ1v) is 9.12. The molecule has 0 spiro atoms. The van der Waals surface area contributed by atoms with E-state index in [1.165, 1.54) is 18.0 Å². The van der Waals surface area contributed by atoms with E-state index in [4.69, 9.17) is 4.74 Å². The summed E-state index contributed by atoms with van der Waals surface area (Å²) in [5.41, 5.74) is 2.08. The largest absolute Gasteiger partial charge is 0.434 e. The van der Waals surface area contributed by atoms with Crippen molar-refractivity contribution in [1.29, 1.82) is 0 Å². The number of hydrogen-bond acceptors (Lipinski definition) is 5. The number of nitrogens with zero attached hydrogens (tertiary/aromatic N) is 5. The topological polar surface area (TPSA) is 56.1 Å². The lowest BCUT2D eigenvalue weighted by Gasteiger charge is -2.32. The number of ether oxygens (including phenoxy) is 1. The zero-order valence-electron chi connectivity index (χ0n) is 15.3. The van der Waals surface area contributed by atoms with Gasteiger partial charge in [0.2, 0.25) is 5.88 Å². The summed E-state index contributed by atoms with van der Waals surface area (Å²) in [6.45, 7) is 2.83. The molecule has 7 heteroatoms. The van der Waals surface area contributed by atoms with Crippen molar-refractivity contribution >= 4 is 0 Å². The van der Waals surface area contributed by atoms with Crippen molar-refractivity contribution < 1.29 is 9.13 Å². The smallest absolute Gasteiger partial charge is 0.238 e. The number of benzene rings is 1. The Kier molecular flexibility index (Phi) is 5.11. The molecular formula is C20H22FN5O. The van der Waals surface area contributed by atoms with E-state index in [2.05, 4.69) is 20.0 Å². The molecule has 6 nitrogen and oxygen atoms in total. The average molecular weight is 367 g/mol. The standard InChI is InChI=1S/C20H22FN5O/c1-25-16(8-9-23-25)14-26-10-4-5-15(13-26)18-11-22-12-20(24-18)27-19-7-3-2-6-17(19)21/h2-3,6-9,11-12,15H,4-5,10,13-14H2,1H3/t15-/m1/s1. The highest BCUT2D eigenvalue weighted by atomic mass is 19.1. The minimum atomic E-state index is -0.412. The van der Waals surface area contributed by atoms with Crippen LogP contribution >= 0.6 is 0 Å². The Morgan fingerprint density at radius 2 is 2.11 bits per heavy atom. The minimum absolute atomic E-state index is 0.158. The van der Waals surface area contributed by atoms with E-state index >= 15 is 0 Å². The van der Waals surface area contributed by atoms with E-state index in [-0.39, 0.29) is 11.7 Å². The molecule has 0 radical (unpaired) electrons. The molecule has 0 saturated carbocycles. The van der Waals surface area contributed by atoms with Gasteiger partial charge in [0.05, 0.1) is 17.6 Å². The summed E-state index contributed by atoms with van der Waals surface area (Å²) in [5, 5.41) is 4.24. The van der Waals surface area contributed by atoms with Gasteiger partial charge in [-0.25, -0.2) is 9.37 Å². The van der Waals surface area contributed by atoms with Crippen LogP contribution in [0.4, 0.5) is 4.39 Å². The Hall–Kier alpha value is -2.80. The van der Waals surface area contributed by atoms with Gasteiger partial charge in [-0.3, -0.25) is 14.6 Å². The number of likely N-dealkylation sites (tertiary alicyclic amines) is 1. The van der Waals surface area contributed by atoms with Gasteiger partial charge in [-0.05, 0) is 37.6 Å². The van der Waals surface area contributed by atoms with Crippen LogP contribution in [0.3, 0.4) is 0 Å². The summed E-state index contributed by atoms with van der Waals surface area (Å²) in [5.74, 6) is 0.347. The molecule has 1 aliphatic rings. The molecule has 1 aromatic carbocycles. The normalized spacial score (nSPS) is 17.8. The molecule has 0 amide bonds. The van der Waals surface area contributed by atoms with Gasteiger partial charge < -0.3 is 4.74 Å². The molecule has 4 rings (SSSR count). The van der Waals surface area contributed by atoms with E-state index in [0.717, 1.165) is 38.2 Å². The first-order valence-electron chi connectivity index (χ1n) is 9.12. The Bertz CT molecular complexity index is 913. The van der Waals surface area contributed by atoms with Gasteiger partial charge in [-0.1, -0.05) is 12.1 Å². The fourth-order valence-electron chi connectivity index (χ4n) is 3.47. The number of aromatic nitrogens is 4. The van der Waals surface area contributed by atoms with Crippen LogP contribution in [0.2, 0.25) is 0 Å². The molecular weight excluding hydrogens is 345 g/mol. The molecule has 0 unspecified atom stereocenters. The van der Waals surface area contributed by atoms with Gasteiger partial charge in [-0.2, -0.15) is 5.10 Å². The summed E-state index contributed by atoms with van der Waals surface area (Å²) >= 11 is 0. The number of hydrogen-bond donors (Lipinski definition) is 0. The second kappa shape index (κ2) is 7.84. The summed E-state index contributed by atoms with van der Waals surface area (Å²) < 4.78 is 21.3. The zero-order valence-corrected chi connectivity index (χ0v) is 15.3. The minimum Gasteiger partial charge on any atom is -0.434 e. The van der Waals surface area contributed by atoms with Crippen molar-refractivity contribution in [3.05, 3.63) is 66.1 Å². The van der Waals surface area contributed by atoms with Crippen molar-refractivity contribution in [2.24, 2.45) is 7.05 Å². The maximum Gasteiger partial charge on any atom is 0.238 e. The summed E-state index contributed by atoms with van der Waals surface area (Å²) in [7, 11) is 1.96. The van der Waals surface area contributed by atoms with Gasteiger partial charge >= 0.3 is 0 Å². The number of rotatable bonds is 5. The predicted molar refractivity (Wildman–Crippen MR) is 99.0 cm³/mol. The molecule has 1 fully saturated rings. The molecule has 0 aliphatic carbocycles. The molecule has 3 aromatic rings. The monoisotopic (exact) mass is 367 g/mol. The lowest BCUT2D eigenvalue weighted by molar-refractivity contribution is 0.193. The molecule has 140 valence electrons. The fourth-order valence-corrected chi connectivity index (χ4v) is 3.47. The maximum atomic E-state index is 13.8. The van der Waals surface area contributed by atoms with Crippen LogP contribution < -0.4 is 4.74 Å². The summed E-state index contributed by atoms with van der Waals surface area (Å²) in [4.78, 5) is 11.3. The molecule has 1 atom stereocenters. The lowest BCUT2D eigenvalue weighted by Crippen LogP contribution is -2.34. The Balaban J connectivity index is 1.46. The van der Waals surface area contributed by atoms with Gasteiger partial charge in [0, 0.05) is 38.4 Å². The van der Waals surface area contributed by atoms with Gasteiger partial charge in [0.1, 0.15) is 0 Å². The van der Waals surface area contributed by atoms with Gasteiger partial charge in [0.25, 0.3) is 0 Å². The fraction of sp³-hybridized carbons (Fsp3) is 0.350. The second-order valence-corrected chi connectivity index (χ2v) is 6.84. The molecule has 27 heavy (non-hydrogen) atoms. The van der Waals surface area contributed by atoms with Crippen LogP contribution in [0.25, 0.3) is 0 Å². The van der Waals surface area contributed by atoms with Crippen molar-refractivity contribution in [3.8, 4) is 11.6 Å². The average Bonchev–Trinajstić information content (AvgIpc) is 3.09. The third-order valence-corrected chi connectivity index (χ3v) is 4.91. The van der Waals surface area contributed by atoms with E-state index in [1.807, 2.05) is 24.0 Å². The van der Waals surface area contributed by atoms with Crippen LogP contribution in [0, 0.1) is 5.82 Å². The first-order chi connectivity index (χ1) is 13.2. The first kappa shape index (κ1) is 17.6. The zero-order chi connectivity index (χ0) is 18.6. The van der Waals surface area contributed by atoms with E-state index in [1.54, 1.807) is 24.4 Å². The number of piperidine rings is 1. The molecule has 2 aromatic heterocycles. The highest BCUT2D eigenvalue weighted by Gasteiger charge is 2.24. The highest BCUT2D eigenvalue weighted by Crippen LogP contribution is 2.28. The van der Waals surface area contributed by atoms with Crippen LogP contribution in [0.5, 0.6) is 11.6 Å². The van der Waals surface area contributed by atoms with Crippen molar-refractivity contribution in [3.63, 3.8) is 0 Å². The van der Waals surface area contributed by atoms with Crippen molar-refractivity contribution in [2.45, 2.75) is 25.3 Å². The van der Waals surface area contributed by atoms with Crippen LogP contribution in [0.1, 0.15) is 30.1 Å². The molecule has 0 N–H and O–H groups in total. The second-order valence-electron chi connectivity index (χ2n) is 6.84. The third-order valence-electron chi connectivity index (χ3n) is 4.91. The summed E-state index contributed by atoms with van der Waals surface area (Å²) in [6, 6.07) is 8.35. The predicted octanol–water partition coefficient (Wildman–Crippen LogP) is 3.52. The van der Waals surface area contributed by atoms with Crippen molar-refractivity contribution in [2.75, 3.05) is 13.1 Å².